The van der Waals surface area contributed by atoms with Crippen molar-refractivity contribution in [2.45, 2.75) is 45.6 Å². The van der Waals surface area contributed by atoms with Gasteiger partial charge >= 0.3 is 0 Å². The molecule has 2 saturated heterocycles. The Bertz CT molecular complexity index is 841. The molecule has 6 heteroatoms. The number of benzene rings is 1. The maximum Gasteiger partial charge on any atom is 0.255 e. The molecule has 144 valence electrons. The monoisotopic (exact) mass is 386 g/mol. The zero-order chi connectivity index (χ0) is 19.0. The number of amides is 1. The van der Waals surface area contributed by atoms with Crippen molar-refractivity contribution in [1.82, 2.24) is 19.6 Å². The number of halogens is 1. The highest BCUT2D eigenvalue weighted by Gasteiger charge is 2.30. The maximum atomic E-state index is 13.2. The van der Waals surface area contributed by atoms with Crippen molar-refractivity contribution in [2.75, 3.05) is 26.2 Å². The third-order valence-corrected chi connectivity index (χ3v) is 6.10. The van der Waals surface area contributed by atoms with E-state index in [2.05, 4.69) is 10.00 Å². The van der Waals surface area contributed by atoms with Crippen molar-refractivity contribution in [1.29, 1.82) is 0 Å². The van der Waals surface area contributed by atoms with E-state index in [1.165, 1.54) is 32.4 Å². The molecule has 4 rings (SSSR count). The van der Waals surface area contributed by atoms with E-state index < -0.39 is 0 Å². The van der Waals surface area contributed by atoms with Crippen LogP contribution in [0.25, 0.3) is 5.69 Å². The van der Waals surface area contributed by atoms with Crippen molar-refractivity contribution < 1.29 is 4.79 Å². The van der Waals surface area contributed by atoms with Crippen LogP contribution < -0.4 is 0 Å². The van der Waals surface area contributed by atoms with Crippen LogP contribution >= 0.6 is 11.6 Å². The van der Waals surface area contributed by atoms with E-state index in [1.54, 1.807) is 0 Å². The second-order valence-corrected chi connectivity index (χ2v) is 8.20. The van der Waals surface area contributed by atoms with Gasteiger partial charge in [0.1, 0.15) is 0 Å². The van der Waals surface area contributed by atoms with Crippen LogP contribution in [-0.4, -0.2) is 57.7 Å². The molecule has 0 saturated carbocycles. The highest BCUT2D eigenvalue weighted by Crippen LogP contribution is 2.26. The van der Waals surface area contributed by atoms with Gasteiger partial charge in [-0.15, -0.1) is 0 Å². The van der Waals surface area contributed by atoms with Gasteiger partial charge in [0.25, 0.3) is 5.91 Å². The summed E-state index contributed by atoms with van der Waals surface area (Å²) in [7, 11) is 0. The van der Waals surface area contributed by atoms with E-state index in [4.69, 9.17) is 11.6 Å². The van der Waals surface area contributed by atoms with Crippen LogP contribution in [0.2, 0.25) is 5.02 Å². The Morgan fingerprint density at radius 1 is 1.11 bits per heavy atom. The zero-order valence-corrected chi connectivity index (χ0v) is 16.9. The molecule has 0 bridgehead atoms. The molecule has 1 aromatic carbocycles. The van der Waals surface area contributed by atoms with Crippen LogP contribution in [-0.2, 0) is 0 Å². The Labute approximate surface area is 165 Å². The van der Waals surface area contributed by atoms with Crippen LogP contribution in [0.3, 0.4) is 0 Å². The van der Waals surface area contributed by atoms with Gasteiger partial charge in [-0.1, -0.05) is 11.6 Å². The molecule has 0 unspecified atom stereocenters. The summed E-state index contributed by atoms with van der Waals surface area (Å²) in [6.45, 7) is 7.93. The SMILES string of the molecule is Cc1cc(C)n(-c2ccc(Cl)c(C(=O)N3CCC[C@H](N4CCCC4)C3)c2)n1. The van der Waals surface area contributed by atoms with Gasteiger partial charge in [0.15, 0.2) is 0 Å². The standard InChI is InChI=1S/C21H27ClN4O/c1-15-12-16(2)26(23-15)17-7-8-20(22)19(13-17)21(27)25-11-5-6-18(14-25)24-9-3-4-10-24/h7-8,12-13,18H,3-6,9-11,14H2,1-2H3/t18-/m0/s1. The van der Waals surface area contributed by atoms with Crippen LogP contribution in [0.4, 0.5) is 0 Å². The molecule has 3 heterocycles. The maximum absolute atomic E-state index is 13.2. The molecule has 27 heavy (non-hydrogen) atoms. The molecule has 0 radical (unpaired) electrons. The third-order valence-electron chi connectivity index (χ3n) is 5.78. The highest BCUT2D eigenvalue weighted by atomic mass is 35.5. The van der Waals surface area contributed by atoms with Gasteiger partial charge in [0.05, 0.1) is 22.0 Å². The average Bonchev–Trinajstić information content (AvgIpc) is 3.31. The number of nitrogens with zero attached hydrogens (tertiary/aromatic N) is 4. The minimum absolute atomic E-state index is 0.0345. The molecule has 2 aromatic rings. The molecule has 2 aliphatic rings. The molecule has 0 spiro atoms. The van der Waals surface area contributed by atoms with E-state index in [9.17, 15) is 4.79 Å². The Kier molecular flexibility index (Phi) is 5.24. The van der Waals surface area contributed by atoms with Crippen molar-refractivity contribution in [2.24, 2.45) is 0 Å². The lowest BCUT2D eigenvalue weighted by Gasteiger charge is -2.37. The average molecular weight is 387 g/mol. The van der Waals surface area contributed by atoms with Gasteiger partial charge in [-0.2, -0.15) is 5.10 Å². The number of aromatic nitrogens is 2. The molecule has 1 atom stereocenters. The molecule has 1 aromatic heterocycles. The third kappa shape index (κ3) is 3.76. The van der Waals surface area contributed by atoms with E-state index in [0.29, 0.717) is 16.6 Å². The number of hydrogen-bond acceptors (Lipinski definition) is 3. The number of piperidine rings is 1. The van der Waals surface area contributed by atoms with E-state index in [-0.39, 0.29) is 5.91 Å². The summed E-state index contributed by atoms with van der Waals surface area (Å²) in [5.41, 5.74) is 3.45. The van der Waals surface area contributed by atoms with Crippen molar-refractivity contribution in [3.8, 4) is 5.69 Å². The summed E-state index contributed by atoms with van der Waals surface area (Å²) >= 11 is 6.42. The van der Waals surface area contributed by atoms with Gasteiger partial charge in [-0.25, -0.2) is 4.68 Å². The summed E-state index contributed by atoms with van der Waals surface area (Å²) in [5, 5.41) is 5.04. The fourth-order valence-corrected chi connectivity index (χ4v) is 4.61. The number of carbonyl (C=O) groups excluding carboxylic acids is 1. The van der Waals surface area contributed by atoms with Crippen LogP contribution in [0.5, 0.6) is 0 Å². The molecule has 2 fully saturated rings. The van der Waals surface area contributed by atoms with Crippen molar-refractivity contribution >= 4 is 17.5 Å². The van der Waals surface area contributed by atoms with Crippen LogP contribution in [0, 0.1) is 13.8 Å². The van der Waals surface area contributed by atoms with Gasteiger partial charge in [0.2, 0.25) is 0 Å². The molecule has 5 nitrogen and oxygen atoms in total. The summed E-state index contributed by atoms with van der Waals surface area (Å²) in [4.78, 5) is 17.8. The highest BCUT2D eigenvalue weighted by molar-refractivity contribution is 6.33. The Morgan fingerprint density at radius 3 is 2.59 bits per heavy atom. The minimum atomic E-state index is 0.0345. The fraction of sp³-hybridized carbons (Fsp3) is 0.524. The number of likely N-dealkylation sites (tertiary alicyclic amines) is 2. The first kappa shape index (κ1) is 18.5. The lowest BCUT2D eigenvalue weighted by Crippen LogP contribution is -2.49. The number of aryl methyl sites for hydroxylation is 2. The zero-order valence-electron chi connectivity index (χ0n) is 16.1. The molecule has 0 aliphatic carbocycles. The minimum Gasteiger partial charge on any atom is -0.337 e. The van der Waals surface area contributed by atoms with E-state index >= 15 is 0 Å². The Morgan fingerprint density at radius 2 is 1.89 bits per heavy atom. The van der Waals surface area contributed by atoms with Gasteiger partial charge in [0, 0.05) is 24.8 Å². The van der Waals surface area contributed by atoms with Crippen LogP contribution in [0.15, 0.2) is 24.3 Å². The fourth-order valence-electron chi connectivity index (χ4n) is 4.41. The molecule has 2 aliphatic heterocycles. The van der Waals surface area contributed by atoms with Gasteiger partial charge in [-0.05, 0) is 76.9 Å². The second-order valence-electron chi connectivity index (χ2n) is 7.79. The van der Waals surface area contributed by atoms with E-state index in [0.717, 1.165) is 36.6 Å². The van der Waals surface area contributed by atoms with E-state index in [1.807, 2.05) is 47.7 Å². The largest absolute Gasteiger partial charge is 0.337 e. The van der Waals surface area contributed by atoms with Gasteiger partial charge in [-0.3, -0.25) is 9.69 Å². The van der Waals surface area contributed by atoms with Crippen molar-refractivity contribution in [3.63, 3.8) is 0 Å². The molecular weight excluding hydrogens is 360 g/mol. The van der Waals surface area contributed by atoms with Crippen LogP contribution in [0.1, 0.15) is 47.4 Å². The molecular formula is C21H27ClN4O. The normalized spacial score (nSPS) is 21.0. The first-order valence-corrected chi connectivity index (χ1v) is 10.3. The number of carbonyl (C=O) groups is 1. The van der Waals surface area contributed by atoms with Gasteiger partial charge < -0.3 is 4.90 Å². The Hall–Kier alpha value is -1.85. The quantitative estimate of drug-likeness (QED) is 0.804. The lowest BCUT2D eigenvalue weighted by atomic mass is 10.0. The second kappa shape index (κ2) is 7.64. The van der Waals surface area contributed by atoms with Crippen molar-refractivity contribution in [3.05, 3.63) is 46.2 Å². The predicted molar refractivity (Wildman–Crippen MR) is 108 cm³/mol. The summed E-state index contributed by atoms with van der Waals surface area (Å²) in [6.07, 6.45) is 4.80. The smallest absolute Gasteiger partial charge is 0.255 e. The predicted octanol–water partition coefficient (Wildman–Crippen LogP) is 3.84. The first-order chi connectivity index (χ1) is 13.0. The summed E-state index contributed by atoms with van der Waals surface area (Å²) < 4.78 is 1.87. The summed E-state index contributed by atoms with van der Waals surface area (Å²) in [5.74, 6) is 0.0345. The molecule has 0 N–H and O–H groups in total. The number of hydrogen-bond donors (Lipinski definition) is 0. The number of rotatable bonds is 3. The first-order valence-electron chi connectivity index (χ1n) is 9.89. The Balaban J connectivity index is 1.57. The molecule has 1 amide bonds. The topological polar surface area (TPSA) is 41.4 Å². The lowest BCUT2D eigenvalue weighted by molar-refractivity contribution is 0.0608. The summed E-state index contributed by atoms with van der Waals surface area (Å²) in [6, 6.07) is 8.12.